The molecular formula is C28H40N2O4S. The number of carbonyl (C=O) groups is 2. The van der Waals surface area contributed by atoms with Gasteiger partial charge in [-0.15, -0.1) is 11.3 Å². The van der Waals surface area contributed by atoms with E-state index in [1.54, 1.807) is 25.6 Å². The van der Waals surface area contributed by atoms with Gasteiger partial charge in [0.2, 0.25) is 11.8 Å². The first-order chi connectivity index (χ1) is 16.8. The standard InChI is InChI=1S/C28H40N2O4S/c1-20(2)17-30(28(32)23-8-6-7-9-23)19-27(31)29(18-26-21(3)13-15-35-26)14-12-22-10-11-24(33-4)25(16-22)34-5/h10-11,13,15-16,20,23H,6-9,12,14,17-19H2,1-5H3. The van der Waals surface area contributed by atoms with Crippen LogP contribution in [0.25, 0.3) is 0 Å². The van der Waals surface area contributed by atoms with Gasteiger partial charge in [0.05, 0.1) is 27.3 Å². The summed E-state index contributed by atoms with van der Waals surface area (Å²) in [5.41, 5.74) is 2.27. The van der Waals surface area contributed by atoms with Crippen molar-refractivity contribution in [3.8, 4) is 11.5 Å². The van der Waals surface area contributed by atoms with E-state index < -0.39 is 0 Å². The molecule has 0 saturated heterocycles. The molecule has 1 aliphatic rings. The van der Waals surface area contributed by atoms with Crippen LogP contribution in [0.3, 0.4) is 0 Å². The Labute approximate surface area is 214 Å². The van der Waals surface area contributed by atoms with E-state index in [2.05, 4.69) is 32.2 Å². The van der Waals surface area contributed by atoms with Crippen molar-refractivity contribution in [2.75, 3.05) is 33.9 Å². The zero-order valence-corrected chi connectivity index (χ0v) is 22.7. The van der Waals surface area contributed by atoms with Crippen LogP contribution in [0.2, 0.25) is 0 Å². The maximum absolute atomic E-state index is 13.6. The monoisotopic (exact) mass is 500 g/mol. The van der Waals surface area contributed by atoms with Crippen molar-refractivity contribution in [3.05, 3.63) is 45.6 Å². The predicted octanol–water partition coefficient (Wildman–Crippen LogP) is 5.32. The average Bonchev–Trinajstić information content (AvgIpc) is 3.52. The van der Waals surface area contributed by atoms with Gasteiger partial charge in [-0.1, -0.05) is 32.8 Å². The summed E-state index contributed by atoms with van der Waals surface area (Å²) in [5.74, 6) is 1.91. The Balaban J connectivity index is 1.76. The lowest BCUT2D eigenvalue weighted by Gasteiger charge is -2.30. The second kappa shape index (κ2) is 13.0. The van der Waals surface area contributed by atoms with Crippen molar-refractivity contribution in [3.63, 3.8) is 0 Å². The van der Waals surface area contributed by atoms with Gasteiger partial charge in [0.15, 0.2) is 11.5 Å². The van der Waals surface area contributed by atoms with E-state index in [0.717, 1.165) is 31.2 Å². The predicted molar refractivity (Wildman–Crippen MR) is 141 cm³/mol. The van der Waals surface area contributed by atoms with Crippen LogP contribution < -0.4 is 9.47 Å². The number of rotatable bonds is 12. The van der Waals surface area contributed by atoms with Crippen molar-refractivity contribution < 1.29 is 19.1 Å². The van der Waals surface area contributed by atoms with Crippen LogP contribution in [-0.4, -0.2) is 55.5 Å². The van der Waals surface area contributed by atoms with E-state index in [-0.39, 0.29) is 24.3 Å². The Morgan fingerprint density at radius 3 is 2.37 bits per heavy atom. The molecule has 1 saturated carbocycles. The molecule has 3 rings (SSSR count). The molecule has 1 fully saturated rings. The number of nitrogens with zero attached hydrogens (tertiary/aromatic N) is 2. The molecule has 192 valence electrons. The number of aryl methyl sites for hydroxylation is 1. The van der Waals surface area contributed by atoms with Crippen molar-refractivity contribution in [2.45, 2.75) is 59.4 Å². The molecule has 7 heteroatoms. The molecule has 0 unspecified atom stereocenters. The highest BCUT2D eigenvalue weighted by Crippen LogP contribution is 2.29. The van der Waals surface area contributed by atoms with Gasteiger partial charge in [0.25, 0.3) is 0 Å². The molecule has 0 radical (unpaired) electrons. The molecule has 35 heavy (non-hydrogen) atoms. The van der Waals surface area contributed by atoms with Crippen molar-refractivity contribution in [1.82, 2.24) is 9.80 Å². The minimum atomic E-state index is 0.00488. The van der Waals surface area contributed by atoms with Crippen LogP contribution in [0.15, 0.2) is 29.6 Å². The number of carbonyl (C=O) groups excluding carboxylic acids is 2. The van der Waals surface area contributed by atoms with E-state index in [1.807, 2.05) is 28.0 Å². The maximum atomic E-state index is 13.6. The number of methoxy groups -OCH3 is 2. The zero-order valence-electron chi connectivity index (χ0n) is 21.8. The molecule has 6 nitrogen and oxygen atoms in total. The van der Waals surface area contributed by atoms with Gasteiger partial charge in [0.1, 0.15) is 0 Å². The third-order valence-electron chi connectivity index (χ3n) is 6.70. The highest BCUT2D eigenvalue weighted by Gasteiger charge is 2.30. The van der Waals surface area contributed by atoms with Gasteiger partial charge >= 0.3 is 0 Å². The smallest absolute Gasteiger partial charge is 0.242 e. The lowest BCUT2D eigenvalue weighted by molar-refractivity contribution is -0.143. The molecule has 2 aromatic rings. The third kappa shape index (κ3) is 7.47. The fourth-order valence-corrected chi connectivity index (χ4v) is 5.62. The highest BCUT2D eigenvalue weighted by molar-refractivity contribution is 7.10. The Morgan fingerprint density at radius 1 is 1.06 bits per heavy atom. The van der Waals surface area contributed by atoms with Crippen LogP contribution in [-0.2, 0) is 22.6 Å². The van der Waals surface area contributed by atoms with Gasteiger partial charge in [-0.25, -0.2) is 0 Å². The van der Waals surface area contributed by atoms with Crippen LogP contribution >= 0.6 is 11.3 Å². The number of hydrogen-bond donors (Lipinski definition) is 0. The molecule has 2 amide bonds. The van der Waals surface area contributed by atoms with Crippen LogP contribution in [0.4, 0.5) is 0 Å². The number of hydrogen-bond acceptors (Lipinski definition) is 5. The number of thiophene rings is 1. The topological polar surface area (TPSA) is 59.1 Å². The number of benzene rings is 1. The van der Waals surface area contributed by atoms with Gasteiger partial charge in [-0.05, 0) is 66.8 Å². The van der Waals surface area contributed by atoms with Crippen LogP contribution in [0.5, 0.6) is 11.5 Å². The normalized spacial score (nSPS) is 13.8. The van der Waals surface area contributed by atoms with E-state index in [1.165, 1.54) is 10.4 Å². The summed E-state index contributed by atoms with van der Waals surface area (Å²) < 4.78 is 10.8. The molecule has 1 aromatic heterocycles. The van der Waals surface area contributed by atoms with Gasteiger partial charge in [-0.2, -0.15) is 0 Å². The first kappa shape index (κ1) is 27.1. The summed E-state index contributed by atoms with van der Waals surface area (Å²) in [5, 5.41) is 2.07. The first-order valence-corrected chi connectivity index (χ1v) is 13.5. The van der Waals surface area contributed by atoms with Crippen LogP contribution in [0, 0.1) is 18.8 Å². The van der Waals surface area contributed by atoms with Crippen molar-refractivity contribution >= 4 is 23.2 Å². The molecule has 0 atom stereocenters. The quantitative estimate of drug-likeness (QED) is 0.396. The van der Waals surface area contributed by atoms with E-state index >= 15 is 0 Å². The van der Waals surface area contributed by atoms with E-state index in [4.69, 9.17) is 9.47 Å². The molecule has 0 aliphatic heterocycles. The maximum Gasteiger partial charge on any atom is 0.242 e. The molecule has 0 bridgehead atoms. The lowest BCUT2D eigenvalue weighted by atomic mass is 10.1. The Bertz CT molecular complexity index is 981. The largest absolute Gasteiger partial charge is 0.493 e. The van der Waals surface area contributed by atoms with Gasteiger partial charge < -0.3 is 19.3 Å². The molecule has 0 spiro atoms. The SMILES string of the molecule is COc1ccc(CCN(Cc2sccc2C)C(=O)CN(CC(C)C)C(=O)C2CCCC2)cc1OC. The van der Waals surface area contributed by atoms with E-state index in [9.17, 15) is 9.59 Å². The Hall–Kier alpha value is -2.54. The molecular weight excluding hydrogens is 460 g/mol. The summed E-state index contributed by atoms with van der Waals surface area (Å²) >= 11 is 1.67. The highest BCUT2D eigenvalue weighted by atomic mass is 32.1. The van der Waals surface area contributed by atoms with E-state index in [0.29, 0.717) is 43.5 Å². The second-order valence-corrected chi connectivity index (χ2v) is 10.9. The molecule has 0 N–H and O–H groups in total. The lowest BCUT2D eigenvalue weighted by Crippen LogP contribution is -2.46. The number of ether oxygens (including phenoxy) is 2. The molecule has 1 aromatic carbocycles. The molecule has 1 aliphatic carbocycles. The summed E-state index contributed by atoms with van der Waals surface area (Å²) in [7, 11) is 3.25. The summed E-state index contributed by atoms with van der Waals surface area (Å²) in [6.07, 6.45) is 4.79. The van der Waals surface area contributed by atoms with Gasteiger partial charge in [-0.3, -0.25) is 9.59 Å². The minimum Gasteiger partial charge on any atom is -0.493 e. The fourth-order valence-electron chi connectivity index (χ4n) is 4.70. The fraction of sp³-hybridized carbons (Fsp3) is 0.571. The zero-order chi connectivity index (χ0) is 25.4. The third-order valence-corrected chi connectivity index (χ3v) is 7.71. The first-order valence-electron chi connectivity index (χ1n) is 12.6. The summed E-state index contributed by atoms with van der Waals surface area (Å²) in [6.45, 7) is 8.16. The van der Waals surface area contributed by atoms with Crippen molar-refractivity contribution in [1.29, 1.82) is 0 Å². The summed E-state index contributed by atoms with van der Waals surface area (Å²) in [4.78, 5) is 31.8. The average molecular weight is 501 g/mol. The van der Waals surface area contributed by atoms with Crippen molar-refractivity contribution in [2.24, 2.45) is 11.8 Å². The summed E-state index contributed by atoms with van der Waals surface area (Å²) in [6, 6.07) is 7.96. The second-order valence-electron chi connectivity index (χ2n) is 9.88. The number of amides is 2. The molecule has 1 heterocycles. The van der Waals surface area contributed by atoms with Crippen LogP contribution in [0.1, 0.15) is 55.5 Å². The van der Waals surface area contributed by atoms with Gasteiger partial charge in [0, 0.05) is 23.9 Å². The minimum absolute atomic E-state index is 0.00488. The Morgan fingerprint density at radius 2 is 1.77 bits per heavy atom. The Kier molecular flexibility index (Phi) is 10.0.